The summed E-state index contributed by atoms with van der Waals surface area (Å²) in [7, 11) is 1.78. The SMILES string of the molecule is CC(=O)c1cn(C)c2c(OC(=O)c3ccc4[nH]c(=O)oc4c3)cccc12. The summed E-state index contributed by atoms with van der Waals surface area (Å²) < 4.78 is 12.3. The van der Waals surface area contributed by atoms with Crippen LogP contribution in [0.3, 0.4) is 0 Å². The van der Waals surface area contributed by atoms with Crippen LogP contribution >= 0.6 is 0 Å². The summed E-state index contributed by atoms with van der Waals surface area (Å²) in [6.07, 6.45) is 1.71. The van der Waals surface area contributed by atoms with E-state index in [1.165, 1.54) is 13.0 Å². The lowest BCUT2D eigenvalue weighted by Crippen LogP contribution is -2.09. The van der Waals surface area contributed by atoms with E-state index in [1.807, 2.05) is 6.07 Å². The predicted molar refractivity (Wildman–Crippen MR) is 94.7 cm³/mol. The van der Waals surface area contributed by atoms with Gasteiger partial charge >= 0.3 is 11.7 Å². The molecule has 0 aliphatic rings. The Kier molecular flexibility index (Phi) is 3.50. The average molecular weight is 350 g/mol. The van der Waals surface area contributed by atoms with Crippen LogP contribution in [0.5, 0.6) is 5.75 Å². The van der Waals surface area contributed by atoms with Crippen molar-refractivity contribution in [3.63, 3.8) is 0 Å². The third-order valence-electron chi connectivity index (χ3n) is 4.20. The highest BCUT2D eigenvalue weighted by molar-refractivity contribution is 6.08. The monoisotopic (exact) mass is 350 g/mol. The van der Waals surface area contributed by atoms with Gasteiger partial charge in [-0.05, 0) is 31.2 Å². The number of esters is 1. The molecular formula is C19H14N2O5. The molecule has 1 N–H and O–H groups in total. The first-order valence-electron chi connectivity index (χ1n) is 7.88. The standard InChI is InChI=1S/C19H14N2O5/c1-10(22)13-9-21(2)17-12(13)4-3-5-15(17)25-18(23)11-6-7-14-16(8-11)26-19(24)20-14/h3-9H,1-2H3,(H,20,24). The molecule has 4 aromatic rings. The van der Waals surface area contributed by atoms with E-state index in [2.05, 4.69) is 4.98 Å². The van der Waals surface area contributed by atoms with Crippen LogP contribution in [-0.4, -0.2) is 21.3 Å². The summed E-state index contributed by atoms with van der Waals surface area (Å²) >= 11 is 0. The van der Waals surface area contributed by atoms with Gasteiger partial charge in [0.2, 0.25) is 0 Å². The van der Waals surface area contributed by atoms with Gasteiger partial charge in [-0.3, -0.25) is 9.78 Å². The zero-order chi connectivity index (χ0) is 18.4. The lowest BCUT2D eigenvalue weighted by molar-refractivity contribution is 0.0736. The first-order valence-corrected chi connectivity index (χ1v) is 7.88. The average Bonchev–Trinajstić information content (AvgIpc) is 3.14. The molecule has 0 unspecified atom stereocenters. The molecular weight excluding hydrogens is 336 g/mol. The van der Waals surface area contributed by atoms with Gasteiger partial charge in [-0.15, -0.1) is 0 Å². The van der Waals surface area contributed by atoms with Crippen LogP contribution in [0.15, 0.2) is 51.8 Å². The fraction of sp³-hybridized carbons (Fsp3) is 0.105. The van der Waals surface area contributed by atoms with Crippen molar-refractivity contribution in [1.29, 1.82) is 0 Å². The van der Waals surface area contributed by atoms with Crippen molar-refractivity contribution in [3.05, 3.63) is 64.3 Å². The number of Topliss-reactive ketones (excluding diaryl/α,β-unsaturated/α-hetero) is 1. The summed E-state index contributed by atoms with van der Waals surface area (Å²) in [5.74, 6) is -0.894. The number of ether oxygens (including phenoxy) is 1. The molecule has 0 spiro atoms. The highest BCUT2D eigenvalue weighted by Crippen LogP contribution is 2.30. The number of para-hydroxylation sites is 1. The number of rotatable bonds is 3. The lowest BCUT2D eigenvalue weighted by Gasteiger charge is -2.07. The van der Waals surface area contributed by atoms with Crippen LogP contribution in [0.1, 0.15) is 27.6 Å². The van der Waals surface area contributed by atoms with Crippen LogP contribution in [0.2, 0.25) is 0 Å². The van der Waals surface area contributed by atoms with E-state index in [0.717, 1.165) is 5.39 Å². The fourth-order valence-electron chi connectivity index (χ4n) is 3.03. The molecule has 0 saturated carbocycles. The van der Waals surface area contributed by atoms with Crippen LogP contribution in [0.4, 0.5) is 0 Å². The zero-order valence-electron chi connectivity index (χ0n) is 14.0. The molecule has 7 heteroatoms. The van der Waals surface area contributed by atoms with Gasteiger partial charge in [-0.2, -0.15) is 0 Å². The van der Waals surface area contributed by atoms with Crippen molar-refractivity contribution in [3.8, 4) is 5.75 Å². The van der Waals surface area contributed by atoms with E-state index in [1.54, 1.807) is 42.1 Å². The predicted octanol–water partition coefficient (Wildman–Crippen LogP) is 3.03. The molecule has 0 bridgehead atoms. The minimum absolute atomic E-state index is 0.0629. The smallest absolute Gasteiger partial charge is 0.417 e. The number of carbonyl (C=O) groups excluding carboxylic acids is 2. The van der Waals surface area contributed by atoms with Gasteiger partial charge in [0.15, 0.2) is 17.1 Å². The van der Waals surface area contributed by atoms with Gasteiger partial charge in [-0.25, -0.2) is 9.59 Å². The molecule has 26 heavy (non-hydrogen) atoms. The number of oxazole rings is 1. The third kappa shape index (κ3) is 2.50. The van der Waals surface area contributed by atoms with Crippen LogP contribution in [-0.2, 0) is 7.05 Å². The highest BCUT2D eigenvalue weighted by Gasteiger charge is 2.17. The van der Waals surface area contributed by atoms with Crippen molar-refractivity contribution in [2.75, 3.05) is 0 Å². The number of carbonyl (C=O) groups is 2. The normalized spacial score (nSPS) is 11.2. The summed E-state index contributed by atoms with van der Waals surface area (Å²) in [6.45, 7) is 1.49. The molecule has 0 aliphatic carbocycles. The van der Waals surface area contributed by atoms with Crippen molar-refractivity contribution < 1.29 is 18.7 Å². The van der Waals surface area contributed by atoms with Crippen molar-refractivity contribution in [1.82, 2.24) is 9.55 Å². The van der Waals surface area contributed by atoms with E-state index in [-0.39, 0.29) is 16.9 Å². The minimum Gasteiger partial charge on any atom is -0.421 e. The molecule has 4 rings (SSSR count). The fourth-order valence-corrected chi connectivity index (χ4v) is 3.03. The largest absolute Gasteiger partial charge is 0.421 e. The first kappa shape index (κ1) is 15.9. The molecule has 0 aliphatic heterocycles. The van der Waals surface area contributed by atoms with Gasteiger partial charge in [0.1, 0.15) is 0 Å². The molecule has 0 radical (unpaired) electrons. The van der Waals surface area contributed by atoms with Gasteiger partial charge in [0.05, 0.1) is 16.6 Å². The van der Waals surface area contributed by atoms with Gasteiger partial charge < -0.3 is 13.7 Å². The summed E-state index contributed by atoms with van der Waals surface area (Å²) in [5, 5.41) is 0.720. The summed E-state index contributed by atoms with van der Waals surface area (Å²) in [4.78, 5) is 38.1. The second kappa shape index (κ2) is 5.73. The van der Waals surface area contributed by atoms with Crippen LogP contribution < -0.4 is 10.5 Å². The zero-order valence-corrected chi connectivity index (χ0v) is 14.0. The topological polar surface area (TPSA) is 94.3 Å². The minimum atomic E-state index is -0.589. The number of hydrogen-bond donors (Lipinski definition) is 1. The van der Waals surface area contributed by atoms with E-state index < -0.39 is 11.7 Å². The number of benzene rings is 2. The van der Waals surface area contributed by atoms with E-state index in [0.29, 0.717) is 22.3 Å². The van der Waals surface area contributed by atoms with Crippen molar-refractivity contribution in [2.24, 2.45) is 7.05 Å². The number of ketones is 1. The number of aromatic nitrogens is 2. The lowest BCUT2D eigenvalue weighted by atomic mass is 10.1. The van der Waals surface area contributed by atoms with Crippen LogP contribution in [0, 0.1) is 0 Å². The number of aromatic amines is 1. The van der Waals surface area contributed by atoms with E-state index >= 15 is 0 Å². The Morgan fingerprint density at radius 1 is 1.19 bits per heavy atom. The molecule has 0 atom stereocenters. The second-order valence-electron chi connectivity index (χ2n) is 5.98. The molecule has 0 fully saturated rings. The molecule has 0 amide bonds. The Hall–Kier alpha value is -3.61. The molecule has 2 aromatic heterocycles. The Labute approximate surface area is 146 Å². The summed E-state index contributed by atoms with van der Waals surface area (Å²) in [6, 6.07) is 9.77. The Morgan fingerprint density at radius 2 is 2.00 bits per heavy atom. The number of fused-ring (bicyclic) bond motifs is 2. The Balaban J connectivity index is 1.75. The third-order valence-corrected chi connectivity index (χ3v) is 4.20. The molecule has 2 heterocycles. The maximum Gasteiger partial charge on any atom is 0.417 e. The quantitative estimate of drug-likeness (QED) is 0.348. The van der Waals surface area contributed by atoms with Gasteiger partial charge in [-0.1, -0.05) is 12.1 Å². The number of H-pyrrole nitrogens is 1. The van der Waals surface area contributed by atoms with Gasteiger partial charge in [0, 0.05) is 24.2 Å². The highest BCUT2D eigenvalue weighted by atomic mass is 16.5. The molecule has 0 saturated heterocycles. The number of nitrogens with zero attached hydrogens (tertiary/aromatic N) is 1. The first-order chi connectivity index (χ1) is 12.4. The maximum absolute atomic E-state index is 12.5. The van der Waals surface area contributed by atoms with E-state index in [9.17, 15) is 14.4 Å². The molecule has 130 valence electrons. The summed E-state index contributed by atoms with van der Waals surface area (Å²) in [5.41, 5.74) is 2.25. The Bertz CT molecular complexity index is 1240. The molecule has 2 aromatic carbocycles. The van der Waals surface area contributed by atoms with Crippen molar-refractivity contribution >= 4 is 33.8 Å². The molecule has 7 nitrogen and oxygen atoms in total. The maximum atomic E-state index is 12.5. The number of aryl methyl sites for hydroxylation is 1. The van der Waals surface area contributed by atoms with Crippen LogP contribution in [0.25, 0.3) is 22.0 Å². The number of nitrogens with one attached hydrogen (secondary N) is 1. The number of hydrogen-bond acceptors (Lipinski definition) is 5. The Morgan fingerprint density at radius 3 is 2.77 bits per heavy atom. The van der Waals surface area contributed by atoms with E-state index in [4.69, 9.17) is 9.15 Å². The van der Waals surface area contributed by atoms with Gasteiger partial charge in [0.25, 0.3) is 0 Å². The van der Waals surface area contributed by atoms with Crippen molar-refractivity contribution in [2.45, 2.75) is 6.92 Å². The second-order valence-corrected chi connectivity index (χ2v) is 5.98.